The third-order valence-corrected chi connectivity index (χ3v) is 11.2. The second-order valence-electron chi connectivity index (χ2n) is 15.6. The lowest BCUT2D eigenvalue weighted by Gasteiger charge is -2.44. The highest BCUT2D eigenvalue weighted by molar-refractivity contribution is 5.98. The molecule has 11 atom stereocenters. The van der Waals surface area contributed by atoms with Crippen molar-refractivity contribution in [1.29, 1.82) is 0 Å². The molecule has 0 unspecified atom stereocenters. The maximum Gasteiger partial charge on any atom is 0.329 e. The lowest BCUT2D eigenvalue weighted by Crippen LogP contribution is -2.66. The van der Waals surface area contributed by atoms with Crippen LogP contribution in [-0.4, -0.2) is 147 Å². The van der Waals surface area contributed by atoms with Crippen LogP contribution in [0.4, 0.5) is 0 Å². The summed E-state index contributed by atoms with van der Waals surface area (Å²) in [6.07, 6.45) is -4.21. The Kier molecular flexibility index (Phi) is 18.7. The van der Waals surface area contributed by atoms with Gasteiger partial charge in [-0.25, -0.2) is 4.79 Å². The fraction of sp³-hybridized carbons (Fsp3) is 0.650. The van der Waals surface area contributed by atoms with E-state index in [4.69, 9.17) is 16.2 Å². The van der Waals surface area contributed by atoms with Crippen LogP contribution < -0.4 is 32.7 Å². The maximum atomic E-state index is 14.8. The Labute approximate surface area is 350 Å². The molecule has 60 heavy (non-hydrogen) atoms. The Hall–Kier alpha value is -5.34. The fourth-order valence-corrected chi connectivity index (χ4v) is 7.10. The van der Waals surface area contributed by atoms with Crippen molar-refractivity contribution in [2.24, 2.45) is 28.3 Å². The summed E-state index contributed by atoms with van der Waals surface area (Å²) in [5.74, 6) is -7.59. The molecular weight excluding hydrogens is 782 g/mol. The zero-order valence-corrected chi connectivity index (χ0v) is 35.2. The van der Waals surface area contributed by atoms with Crippen LogP contribution in [0.25, 0.3) is 0 Å². The number of aliphatic hydroxyl groups excluding tert-OH is 3. The van der Waals surface area contributed by atoms with Crippen molar-refractivity contribution < 1.29 is 53.6 Å². The Bertz CT molecular complexity index is 1700. The van der Waals surface area contributed by atoms with Gasteiger partial charge in [-0.1, -0.05) is 70.9 Å². The summed E-state index contributed by atoms with van der Waals surface area (Å²) < 4.78 is 5.75. The van der Waals surface area contributed by atoms with Gasteiger partial charge in [0.15, 0.2) is 12.1 Å². The highest BCUT2D eigenvalue weighted by Crippen LogP contribution is 2.28. The van der Waals surface area contributed by atoms with Crippen LogP contribution in [0, 0.1) is 11.8 Å². The molecular formula is C40H63N9O11. The molecule has 20 nitrogen and oxygen atoms in total. The zero-order valence-electron chi connectivity index (χ0n) is 35.2. The highest BCUT2D eigenvalue weighted by atomic mass is 16.5. The van der Waals surface area contributed by atoms with Crippen LogP contribution in [0.2, 0.25) is 0 Å². The average Bonchev–Trinajstić information content (AvgIpc) is 3.22. The van der Waals surface area contributed by atoms with Crippen LogP contribution in [0.3, 0.4) is 0 Å². The van der Waals surface area contributed by atoms with Crippen molar-refractivity contribution in [2.75, 3.05) is 20.2 Å². The minimum atomic E-state index is -1.97. The molecule has 2 aliphatic heterocycles. The lowest BCUT2D eigenvalue weighted by atomic mass is 9.91. The number of likely N-dealkylation sites (N-methyl/N-ethyl adjacent to an activating group) is 1. The zero-order chi connectivity index (χ0) is 44.8. The van der Waals surface area contributed by atoms with Crippen LogP contribution in [0.5, 0.6) is 0 Å². The molecule has 11 N–H and O–H groups in total. The van der Waals surface area contributed by atoms with E-state index in [1.165, 1.54) is 18.9 Å². The van der Waals surface area contributed by atoms with Gasteiger partial charge in [0.25, 0.3) is 5.91 Å². The van der Waals surface area contributed by atoms with E-state index in [9.17, 15) is 48.9 Å². The van der Waals surface area contributed by atoms with Gasteiger partial charge in [0.2, 0.25) is 29.5 Å². The number of benzene rings is 1. The van der Waals surface area contributed by atoms with Crippen molar-refractivity contribution in [3.05, 3.63) is 35.9 Å². The van der Waals surface area contributed by atoms with E-state index in [1.54, 1.807) is 58.0 Å². The largest absolute Gasteiger partial charge is 0.458 e. The van der Waals surface area contributed by atoms with E-state index in [0.717, 1.165) is 4.90 Å². The molecule has 2 bridgehead atoms. The van der Waals surface area contributed by atoms with Gasteiger partial charge >= 0.3 is 5.97 Å². The van der Waals surface area contributed by atoms with Crippen LogP contribution in [-0.2, 0) is 44.7 Å². The first kappa shape index (κ1) is 49.0. The molecule has 2 heterocycles. The third kappa shape index (κ3) is 12.8. The van der Waals surface area contributed by atoms with Crippen molar-refractivity contribution >= 4 is 47.4 Å². The fourth-order valence-electron chi connectivity index (χ4n) is 7.10. The second kappa shape index (κ2) is 22.9. The molecule has 6 amide bonds. The van der Waals surface area contributed by atoms with Crippen LogP contribution in [0.15, 0.2) is 35.3 Å². The number of carbonyl (C=O) groups is 7. The van der Waals surface area contributed by atoms with E-state index in [0.29, 0.717) is 18.4 Å². The monoisotopic (exact) mass is 845 g/mol. The van der Waals surface area contributed by atoms with Gasteiger partial charge in [0, 0.05) is 20.0 Å². The van der Waals surface area contributed by atoms with Gasteiger partial charge in [-0.2, -0.15) is 0 Å². The summed E-state index contributed by atoms with van der Waals surface area (Å²) in [5.41, 5.74) is 11.6. The van der Waals surface area contributed by atoms with Gasteiger partial charge in [-0.3, -0.25) is 33.8 Å². The van der Waals surface area contributed by atoms with E-state index >= 15 is 0 Å². The molecule has 1 aromatic carbocycles. The number of fused-ring (bicyclic) bond motifs is 2. The molecule has 3 rings (SSSR count). The standard InChI is InChI=1S/C40H63N9O11/c1-7-21(3)30-39(59)60-23(5)31(47-35(55)28(51)20-50)36(56)44-25(15-12-18-43-40(41)42)33(53)45-26-16-17-29(52)49(37(26)57)32(22(4)8-2)38(58)48(6)27(34(54)46-30)19-24-13-10-9-11-14-24/h9-11,13-14,21-23,25-32,50-52H,7-8,12,15-20H2,1-6H3,(H,44,56)(H,45,53)(H,46,54)(H,47,55)(H4,41,42,43)/t21-,22-,23+,25-,26-,27-,28+,29+,30-,31-,32-/m0/s1. The Balaban J connectivity index is 2.24. The molecule has 2 aliphatic rings. The van der Waals surface area contributed by atoms with E-state index < -0.39 is 115 Å². The normalized spacial score (nSPS) is 27.8. The number of carbonyl (C=O) groups excluding carboxylic acids is 7. The molecule has 0 aromatic heterocycles. The van der Waals surface area contributed by atoms with Gasteiger partial charge in [-0.05, 0) is 50.0 Å². The number of nitrogens with two attached hydrogens (primary N) is 2. The predicted octanol–water partition coefficient (Wildman–Crippen LogP) is -2.25. The summed E-state index contributed by atoms with van der Waals surface area (Å²) in [6, 6.07) is 0.512. The number of amides is 6. The molecule has 20 heteroatoms. The number of cyclic esters (lactones) is 1. The first-order valence-electron chi connectivity index (χ1n) is 20.4. The van der Waals surface area contributed by atoms with Gasteiger partial charge in [0.05, 0.1) is 6.61 Å². The number of aliphatic imine (C=N–C) groups is 1. The topological polar surface area (TPSA) is 308 Å². The molecule has 2 saturated heterocycles. The first-order valence-corrected chi connectivity index (χ1v) is 20.4. The number of hydrogen-bond donors (Lipinski definition) is 9. The quantitative estimate of drug-likeness (QED) is 0.0439. The minimum Gasteiger partial charge on any atom is -0.458 e. The molecule has 0 radical (unpaired) electrons. The molecule has 1 aromatic rings. The number of aliphatic hydroxyl groups is 3. The summed E-state index contributed by atoms with van der Waals surface area (Å²) in [6.45, 7) is 7.30. The molecule has 0 spiro atoms. The minimum absolute atomic E-state index is 0.0119. The first-order chi connectivity index (χ1) is 28.4. The second-order valence-corrected chi connectivity index (χ2v) is 15.6. The number of hydrogen-bond acceptors (Lipinski definition) is 12. The average molecular weight is 846 g/mol. The predicted molar refractivity (Wildman–Crippen MR) is 218 cm³/mol. The number of ether oxygens (including phenoxy) is 1. The Morgan fingerprint density at radius 1 is 0.950 bits per heavy atom. The molecule has 0 aliphatic carbocycles. The SMILES string of the molecule is CC[C@H](C)[C@@H]1NC(=O)[C@H](Cc2ccccc2)N(C)C(=O)[C@H]([C@@H](C)CC)N2C(=O)[C@H](CC[C@H]2O)NC(=O)[C@H](CCCN=C(N)N)NC(=O)[C@@H](NC(=O)[C@H](O)CO)[C@@H](C)OC1=O. The van der Waals surface area contributed by atoms with E-state index in [-0.39, 0.29) is 44.6 Å². The highest BCUT2D eigenvalue weighted by Gasteiger charge is 2.47. The summed E-state index contributed by atoms with van der Waals surface area (Å²) in [4.78, 5) is 105. The van der Waals surface area contributed by atoms with Gasteiger partial charge in [-0.15, -0.1) is 0 Å². The number of esters is 1. The maximum absolute atomic E-state index is 14.8. The Morgan fingerprint density at radius 3 is 2.20 bits per heavy atom. The summed E-state index contributed by atoms with van der Waals surface area (Å²) in [5, 5.41) is 41.1. The summed E-state index contributed by atoms with van der Waals surface area (Å²) >= 11 is 0. The smallest absolute Gasteiger partial charge is 0.329 e. The number of piperidine rings is 1. The third-order valence-electron chi connectivity index (χ3n) is 11.2. The van der Waals surface area contributed by atoms with Crippen LogP contribution >= 0.6 is 0 Å². The van der Waals surface area contributed by atoms with Crippen molar-refractivity contribution in [3.8, 4) is 0 Å². The van der Waals surface area contributed by atoms with E-state index in [2.05, 4.69) is 26.3 Å². The number of guanidine groups is 1. The van der Waals surface area contributed by atoms with Crippen molar-refractivity contribution in [1.82, 2.24) is 31.1 Å². The number of nitrogens with zero attached hydrogens (tertiary/aromatic N) is 3. The van der Waals surface area contributed by atoms with Crippen molar-refractivity contribution in [2.45, 2.75) is 134 Å². The summed E-state index contributed by atoms with van der Waals surface area (Å²) in [7, 11) is 1.41. The van der Waals surface area contributed by atoms with Crippen molar-refractivity contribution in [3.63, 3.8) is 0 Å². The van der Waals surface area contributed by atoms with Crippen LogP contribution in [0.1, 0.15) is 78.7 Å². The number of nitrogens with one attached hydrogen (secondary N) is 4. The molecule has 0 saturated carbocycles. The van der Waals surface area contributed by atoms with E-state index in [1.807, 2.05) is 0 Å². The Morgan fingerprint density at radius 2 is 1.60 bits per heavy atom. The van der Waals surface area contributed by atoms with Gasteiger partial charge in [0.1, 0.15) is 48.6 Å². The molecule has 334 valence electrons. The lowest BCUT2D eigenvalue weighted by molar-refractivity contribution is -0.168. The van der Waals surface area contributed by atoms with Gasteiger partial charge < -0.3 is 62.6 Å². The molecule has 2 fully saturated rings. The number of rotatable bonds is 13.